The van der Waals surface area contributed by atoms with Crippen LogP contribution in [0.15, 0.2) is 24.3 Å². The van der Waals surface area contributed by atoms with Crippen molar-refractivity contribution in [3.8, 4) is 0 Å². The fraction of sp³-hybridized carbons (Fsp3) is 0.200. The summed E-state index contributed by atoms with van der Waals surface area (Å²) in [5.41, 5.74) is 1.93. The summed E-state index contributed by atoms with van der Waals surface area (Å²) in [6, 6.07) is 7.90. The molecule has 0 unspecified atom stereocenters. The molecule has 0 spiro atoms. The quantitative estimate of drug-likeness (QED) is 0.650. The number of nitrogens with zero attached hydrogens (tertiary/aromatic N) is 2. The first kappa shape index (κ1) is 8.45. The fourth-order valence-electron chi connectivity index (χ4n) is 1.38. The smallest absolute Gasteiger partial charge is 0.222 e. The topological polar surface area (TPSA) is 25.8 Å². The minimum absolute atomic E-state index is 0.329. The van der Waals surface area contributed by atoms with Crippen LogP contribution in [0.1, 0.15) is 12.6 Å². The molecular weight excluding hydrogens is 184 g/mol. The van der Waals surface area contributed by atoms with E-state index in [1.165, 1.54) is 0 Å². The van der Waals surface area contributed by atoms with Crippen molar-refractivity contribution in [2.45, 2.75) is 13.3 Å². The second-order valence-electron chi connectivity index (χ2n) is 2.81. The minimum atomic E-state index is 0.329. The van der Waals surface area contributed by atoms with Crippen LogP contribution in [-0.4, -0.2) is 9.97 Å². The zero-order valence-electron chi connectivity index (χ0n) is 7.29. The minimum Gasteiger partial charge on any atom is -0.222 e. The fourth-order valence-corrected chi connectivity index (χ4v) is 1.57. The number of hydrogen-bond donors (Lipinski definition) is 0. The number of halogens is 1. The van der Waals surface area contributed by atoms with Crippen molar-refractivity contribution < 1.29 is 0 Å². The summed E-state index contributed by atoms with van der Waals surface area (Å²) in [5.74, 6) is 0. The van der Waals surface area contributed by atoms with Gasteiger partial charge in [0.25, 0.3) is 0 Å². The molecule has 0 saturated heterocycles. The summed E-state index contributed by atoms with van der Waals surface area (Å²) in [7, 11) is 0. The van der Waals surface area contributed by atoms with Crippen molar-refractivity contribution in [1.29, 1.82) is 0 Å². The lowest BCUT2D eigenvalue weighted by molar-refractivity contribution is 1.03. The molecule has 0 amide bonds. The highest BCUT2D eigenvalue weighted by Gasteiger charge is 2.02. The van der Waals surface area contributed by atoms with Crippen LogP contribution in [0.4, 0.5) is 0 Å². The molecule has 0 N–H and O–H groups in total. The molecular formula is C10H9ClN2. The number of hydrogen-bond acceptors (Lipinski definition) is 2. The predicted molar refractivity (Wildman–Crippen MR) is 53.9 cm³/mol. The van der Waals surface area contributed by atoms with Crippen molar-refractivity contribution in [1.82, 2.24) is 9.97 Å². The standard InChI is InChI=1S/C10H9ClN2/c1-2-8-7-5-3-4-6-9(7)13-10(11)12-8/h3-6H,2H2,1H3. The van der Waals surface area contributed by atoms with Gasteiger partial charge in [0, 0.05) is 5.39 Å². The maximum absolute atomic E-state index is 5.78. The molecule has 2 nitrogen and oxygen atoms in total. The Labute approximate surface area is 81.6 Å². The Morgan fingerprint density at radius 1 is 1.23 bits per heavy atom. The second-order valence-corrected chi connectivity index (χ2v) is 3.15. The van der Waals surface area contributed by atoms with Gasteiger partial charge in [0.2, 0.25) is 5.28 Å². The van der Waals surface area contributed by atoms with Crippen LogP contribution < -0.4 is 0 Å². The third-order valence-corrected chi connectivity index (χ3v) is 2.16. The van der Waals surface area contributed by atoms with Crippen molar-refractivity contribution >= 4 is 22.5 Å². The highest BCUT2D eigenvalue weighted by Crippen LogP contribution is 2.17. The van der Waals surface area contributed by atoms with Crippen LogP contribution in [0.5, 0.6) is 0 Å². The van der Waals surface area contributed by atoms with Crippen LogP contribution in [0, 0.1) is 0 Å². The third-order valence-electron chi connectivity index (χ3n) is 1.99. The summed E-state index contributed by atoms with van der Waals surface area (Å²) >= 11 is 5.78. The van der Waals surface area contributed by atoms with Gasteiger partial charge >= 0.3 is 0 Å². The lowest BCUT2D eigenvalue weighted by Crippen LogP contribution is -1.92. The molecule has 0 aliphatic rings. The average molecular weight is 193 g/mol. The molecule has 0 aliphatic heterocycles. The van der Waals surface area contributed by atoms with Gasteiger partial charge in [-0.1, -0.05) is 25.1 Å². The van der Waals surface area contributed by atoms with Crippen molar-refractivity contribution in [3.63, 3.8) is 0 Å². The number of rotatable bonds is 1. The summed E-state index contributed by atoms with van der Waals surface area (Å²) < 4.78 is 0. The maximum Gasteiger partial charge on any atom is 0.223 e. The van der Waals surface area contributed by atoms with Gasteiger partial charge in [-0.3, -0.25) is 0 Å². The summed E-state index contributed by atoms with van der Waals surface area (Å²) in [6.07, 6.45) is 0.878. The zero-order valence-corrected chi connectivity index (χ0v) is 8.04. The van der Waals surface area contributed by atoms with E-state index in [0.29, 0.717) is 5.28 Å². The monoisotopic (exact) mass is 192 g/mol. The highest BCUT2D eigenvalue weighted by molar-refractivity contribution is 6.28. The Balaban J connectivity index is 2.81. The van der Waals surface area contributed by atoms with Gasteiger partial charge in [0.15, 0.2) is 0 Å². The van der Waals surface area contributed by atoms with Gasteiger partial charge in [-0.2, -0.15) is 0 Å². The van der Waals surface area contributed by atoms with Gasteiger partial charge in [-0.25, -0.2) is 9.97 Å². The molecule has 2 rings (SSSR count). The first-order chi connectivity index (χ1) is 6.31. The van der Waals surface area contributed by atoms with E-state index in [-0.39, 0.29) is 0 Å². The molecule has 0 aliphatic carbocycles. The van der Waals surface area contributed by atoms with Crippen molar-refractivity contribution in [2.75, 3.05) is 0 Å². The van der Waals surface area contributed by atoms with E-state index in [9.17, 15) is 0 Å². The van der Waals surface area contributed by atoms with E-state index in [1.54, 1.807) is 0 Å². The second kappa shape index (κ2) is 3.30. The summed E-state index contributed by atoms with van der Waals surface area (Å²) in [4.78, 5) is 8.31. The van der Waals surface area contributed by atoms with Gasteiger partial charge < -0.3 is 0 Å². The van der Waals surface area contributed by atoms with Crippen LogP contribution in [0.2, 0.25) is 5.28 Å². The van der Waals surface area contributed by atoms with Crippen molar-refractivity contribution in [3.05, 3.63) is 35.2 Å². The molecule has 66 valence electrons. The molecule has 0 saturated carbocycles. The molecule has 1 aromatic carbocycles. The Bertz CT molecular complexity index is 440. The molecule has 0 bridgehead atoms. The summed E-state index contributed by atoms with van der Waals surface area (Å²) in [5, 5.41) is 1.42. The van der Waals surface area contributed by atoms with Gasteiger partial charge in [-0.05, 0) is 24.1 Å². The number of aromatic nitrogens is 2. The SMILES string of the molecule is CCc1nc(Cl)nc2ccccc12. The number of aryl methyl sites for hydroxylation is 1. The Morgan fingerprint density at radius 3 is 2.77 bits per heavy atom. The van der Waals surface area contributed by atoms with Crippen LogP contribution in [0.3, 0.4) is 0 Å². The molecule has 1 heterocycles. The summed E-state index contributed by atoms with van der Waals surface area (Å²) in [6.45, 7) is 2.06. The van der Waals surface area contributed by atoms with Gasteiger partial charge in [0.05, 0.1) is 11.2 Å². The third kappa shape index (κ3) is 1.49. The highest BCUT2D eigenvalue weighted by atomic mass is 35.5. The lowest BCUT2D eigenvalue weighted by atomic mass is 10.1. The zero-order chi connectivity index (χ0) is 9.26. The van der Waals surface area contributed by atoms with E-state index >= 15 is 0 Å². The van der Waals surface area contributed by atoms with E-state index in [0.717, 1.165) is 23.0 Å². The van der Waals surface area contributed by atoms with E-state index < -0.39 is 0 Å². The van der Waals surface area contributed by atoms with Crippen LogP contribution in [0.25, 0.3) is 10.9 Å². The van der Waals surface area contributed by atoms with Crippen molar-refractivity contribution in [2.24, 2.45) is 0 Å². The van der Waals surface area contributed by atoms with Crippen LogP contribution >= 0.6 is 11.6 Å². The molecule has 2 aromatic rings. The molecule has 0 atom stereocenters. The Kier molecular flexibility index (Phi) is 2.15. The molecule has 1 aromatic heterocycles. The average Bonchev–Trinajstić information content (AvgIpc) is 2.16. The predicted octanol–water partition coefficient (Wildman–Crippen LogP) is 2.85. The first-order valence-electron chi connectivity index (χ1n) is 4.22. The van der Waals surface area contributed by atoms with E-state index in [4.69, 9.17) is 11.6 Å². The number of fused-ring (bicyclic) bond motifs is 1. The largest absolute Gasteiger partial charge is 0.223 e. The molecule has 3 heteroatoms. The first-order valence-corrected chi connectivity index (χ1v) is 4.60. The maximum atomic E-state index is 5.78. The van der Waals surface area contributed by atoms with E-state index in [2.05, 4.69) is 16.9 Å². The normalized spacial score (nSPS) is 10.6. The molecule has 0 radical (unpaired) electrons. The molecule has 0 fully saturated rings. The lowest BCUT2D eigenvalue weighted by Gasteiger charge is -2.02. The Morgan fingerprint density at radius 2 is 2.00 bits per heavy atom. The number of para-hydroxylation sites is 1. The molecule has 13 heavy (non-hydrogen) atoms. The Hall–Kier alpha value is -1.15. The van der Waals surface area contributed by atoms with E-state index in [1.807, 2.05) is 24.3 Å². The van der Waals surface area contributed by atoms with Gasteiger partial charge in [0.1, 0.15) is 0 Å². The van der Waals surface area contributed by atoms with Crippen LogP contribution in [-0.2, 0) is 6.42 Å². The number of benzene rings is 1. The van der Waals surface area contributed by atoms with Gasteiger partial charge in [-0.15, -0.1) is 0 Å².